The molecule has 0 aliphatic carbocycles. The molecule has 0 fully saturated rings. The summed E-state index contributed by atoms with van der Waals surface area (Å²) < 4.78 is 13.5. The number of carbonyl (C=O) groups is 1. The summed E-state index contributed by atoms with van der Waals surface area (Å²) in [5.41, 5.74) is 5.63. The summed E-state index contributed by atoms with van der Waals surface area (Å²) in [5.74, 6) is -0.541. The Morgan fingerprint density at radius 2 is 1.80 bits per heavy atom. The van der Waals surface area contributed by atoms with Crippen LogP contribution in [-0.4, -0.2) is 6.03 Å². The van der Waals surface area contributed by atoms with Crippen molar-refractivity contribution in [3.8, 4) is 0 Å². The van der Waals surface area contributed by atoms with Crippen LogP contribution in [0.5, 0.6) is 0 Å². The lowest BCUT2D eigenvalue weighted by atomic mass is 10.2. The molecule has 0 aliphatic rings. The first-order chi connectivity index (χ1) is 9.40. The Labute approximate surface area is 123 Å². The van der Waals surface area contributed by atoms with Crippen molar-refractivity contribution in [2.45, 2.75) is 0 Å². The highest BCUT2D eigenvalue weighted by Crippen LogP contribution is 2.28. The molecule has 1 heterocycles. The molecule has 2 aromatic rings. The van der Waals surface area contributed by atoms with Gasteiger partial charge >= 0.3 is 6.03 Å². The van der Waals surface area contributed by atoms with Crippen molar-refractivity contribution in [2.24, 2.45) is 5.73 Å². The lowest BCUT2D eigenvalue weighted by molar-refractivity contribution is -0.600. The van der Waals surface area contributed by atoms with Gasteiger partial charge in [0, 0.05) is 12.1 Å². The van der Waals surface area contributed by atoms with Gasteiger partial charge in [-0.15, -0.1) is 4.73 Å². The predicted octanol–water partition coefficient (Wildman–Crippen LogP) is 2.98. The van der Waals surface area contributed by atoms with Crippen molar-refractivity contribution in [1.29, 1.82) is 0 Å². The molecule has 0 saturated heterocycles. The van der Waals surface area contributed by atoms with Crippen LogP contribution < -0.4 is 15.4 Å². The molecular weight excluding hydrogens is 308 g/mol. The zero-order chi connectivity index (χ0) is 14.9. The number of aromatic nitrogens is 1. The Morgan fingerprint density at radius 3 is 2.30 bits per heavy atom. The van der Waals surface area contributed by atoms with E-state index in [0.29, 0.717) is 0 Å². The van der Waals surface area contributed by atoms with Crippen LogP contribution in [0.2, 0.25) is 10.3 Å². The van der Waals surface area contributed by atoms with Gasteiger partial charge in [-0.05, 0) is 41.4 Å². The molecule has 0 radical (unpaired) electrons. The van der Waals surface area contributed by atoms with E-state index in [1.54, 1.807) is 0 Å². The molecule has 2 rings (SSSR count). The third kappa shape index (κ3) is 2.76. The highest BCUT2D eigenvalue weighted by molar-refractivity contribution is 6.31. The van der Waals surface area contributed by atoms with Crippen molar-refractivity contribution in [3.63, 3.8) is 0 Å². The topological polar surface area (TPSA) is 73.3 Å². The smallest absolute Gasteiger partial charge is 0.323 e. The minimum atomic E-state index is -0.869. The average molecular weight is 316 g/mol. The van der Waals surface area contributed by atoms with E-state index >= 15 is 0 Å². The van der Waals surface area contributed by atoms with Gasteiger partial charge < -0.3 is 10.9 Å². The van der Waals surface area contributed by atoms with Crippen molar-refractivity contribution < 1.29 is 13.9 Å². The zero-order valence-electron chi connectivity index (χ0n) is 9.89. The maximum absolute atomic E-state index is 13.2. The number of halogens is 3. The van der Waals surface area contributed by atoms with E-state index in [1.165, 1.54) is 30.3 Å². The van der Waals surface area contributed by atoms with Crippen LogP contribution in [0.1, 0.15) is 0 Å². The van der Waals surface area contributed by atoms with E-state index in [-0.39, 0.29) is 26.4 Å². The number of rotatable bonds is 2. The SMILES string of the molecule is NC(=O)N(c1cccc(F)c1)c1cc(Cl)[n+]([O-])c(Cl)c1. The maximum atomic E-state index is 13.2. The number of amides is 2. The Morgan fingerprint density at radius 1 is 1.20 bits per heavy atom. The van der Waals surface area contributed by atoms with Gasteiger partial charge in [-0.25, -0.2) is 9.18 Å². The molecule has 2 N–H and O–H groups in total. The van der Waals surface area contributed by atoms with Crippen LogP contribution in [0.25, 0.3) is 0 Å². The second-order valence-electron chi connectivity index (χ2n) is 3.81. The second-order valence-corrected chi connectivity index (χ2v) is 4.58. The molecule has 20 heavy (non-hydrogen) atoms. The molecule has 5 nitrogen and oxygen atoms in total. The number of nitrogens with two attached hydrogens (primary N) is 1. The van der Waals surface area contributed by atoms with Crippen molar-refractivity contribution in [2.75, 3.05) is 4.90 Å². The quantitative estimate of drug-likeness (QED) is 0.525. The third-order valence-corrected chi connectivity index (χ3v) is 2.99. The van der Waals surface area contributed by atoms with Gasteiger partial charge in [-0.2, -0.15) is 0 Å². The van der Waals surface area contributed by atoms with Crippen LogP contribution in [0.3, 0.4) is 0 Å². The van der Waals surface area contributed by atoms with Gasteiger partial charge in [0.05, 0.1) is 11.4 Å². The summed E-state index contributed by atoms with van der Waals surface area (Å²) in [6.45, 7) is 0. The van der Waals surface area contributed by atoms with E-state index in [2.05, 4.69) is 0 Å². The molecule has 0 spiro atoms. The Balaban J connectivity index is 2.58. The fraction of sp³-hybridized carbons (Fsp3) is 0. The summed E-state index contributed by atoms with van der Waals surface area (Å²) in [6, 6.07) is 6.77. The first kappa shape index (κ1) is 14.4. The van der Waals surface area contributed by atoms with Crippen LogP contribution in [-0.2, 0) is 0 Å². The number of benzene rings is 1. The molecule has 0 atom stereocenters. The van der Waals surface area contributed by atoms with E-state index < -0.39 is 11.8 Å². The first-order valence-electron chi connectivity index (χ1n) is 5.34. The molecule has 0 bridgehead atoms. The monoisotopic (exact) mass is 315 g/mol. The highest BCUT2D eigenvalue weighted by Gasteiger charge is 2.20. The molecule has 104 valence electrons. The highest BCUT2D eigenvalue weighted by atomic mass is 35.5. The predicted molar refractivity (Wildman–Crippen MR) is 73.5 cm³/mol. The first-order valence-corrected chi connectivity index (χ1v) is 6.09. The molecule has 0 aliphatic heterocycles. The lowest BCUT2D eigenvalue weighted by Gasteiger charge is -2.20. The van der Waals surface area contributed by atoms with E-state index in [1.807, 2.05) is 0 Å². The standard InChI is InChI=1S/C12H8Cl2FN3O2/c13-10-5-9(6-11(14)18(10)20)17(12(16)19)8-3-1-2-7(15)4-8/h1-6H,(H2,16,19). The Hall–Kier alpha value is -2.05. The summed E-state index contributed by atoms with van der Waals surface area (Å²) in [5, 5.41) is 10.9. The van der Waals surface area contributed by atoms with Crippen LogP contribution in [0.4, 0.5) is 20.6 Å². The number of pyridine rings is 1. The maximum Gasteiger partial charge on any atom is 0.323 e. The van der Waals surface area contributed by atoms with Gasteiger partial charge in [-0.1, -0.05) is 6.07 Å². The van der Waals surface area contributed by atoms with E-state index in [0.717, 1.165) is 11.0 Å². The normalized spacial score (nSPS) is 10.3. The minimum absolute atomic E-state index is 0.158. The summed E-state index contributed by atoms with van der Waals surface area (Å²) in [6.07, 6.45) is 0. The second kappa shape index (κ2) is 5.52. The number of hydrogen-bond acceptors (Lipinski definition) is 2. The number of primary amides is 1. The van der Waals surface area contributed by atoms with Crippen molar-refractivity contribution >= 4 is 40.6 Å². The molecule has 0 unspecified atom stereocenters. The molecule has 1 aromatic heterocycles. The summed E-state index contributed by atoms with van der Waals surface area (Å²) in [4.78, 5) is 12.6. The van der Waals surface area contributed by atoms with Crippen molar-refractivity contribution in [1.82, 2.24) is 0 Å². The molecule has 8 heteroatoms. The number of carbonyl (C=O) groups excluding carboxylic acids is 1. The molecular formula is C12H8Cl2FN3O2. The minimum Gasteiger partial charge on any atom is -0.617 e. The number of nitrogens with zero attached hydrogens (tertiary/aromatic N) is 2. The Bertz CT molecular complexity index is 658. The number of anilines is 2. The average Bonchev–Trinajstić information content (AvgIpc) is 2.35. The van der Waals surface area contributed by atoms with Crippen molar-refractivity contribution in [3.05, 3.63) is 57.7 Å². The summed E-state index contributed by atoms with van der Waals surface area (Å²) >= 11 is 11.4. The molecule has 0 saturated carbocycles. The summed E-state index contributed by atoms with van der Waals surface area (Å²) in [7, 11) is 0. The number of hydrogen-bond donors (Lipinski definition) is 1. The van der Waals surface area contributed by atoms with E-state index in [4.69, 9.17) is 28.9 Å². The zero-order valence-corrected chi connectivity index (χ0v) is 11.4. The van der Waals surface area contributed by atoms with E-state index in [9.17, 15) is 14.4 Å². The largest absolute Gasteiger partial charge is 0.617 e. The fourth-order valence-electron chi connectivity index (χ4n) is 1.65. The van der Waals surface area contributed by atoms with Gasteiger partial charge in [0.1, 0.15) is 5.82 Å². The van der Waals surface area contributed by atoms with Crippen LogP contribution in [0, 0.1) is 11.0 Å². The van der Waals surface area contributed by atoms with Gasteiger partial charge in [0.25, 0.3) is 10.3 Å². The Kier molecular flexibility index (Phi) is 3.96. The van der Waals surface area contributed by atoms with Crippen LogP contribution in [0.15, 0.2) is 36.4 Å². The van der Waals surface area contributed by atoms with Crippen LogP contribution >= 0.6 is 23.2 Å². The lowest BCUT2D eigenvalue weighted by Crippen LogP contribution is -2.34. The molecule has 1 aromatic carbocycles. The third-order valence-electron chi connectivity index (χ3n) is 2.47. The van der Waals surface area contributed by atoms with Gasteiger partial charge in [0.15, 0.2) is 0 Å². The number of urea groups is 1. The fourth-order valence-corrected chi connectivity index (χ4v) is 2.10. The van der Waals surface area contributed by atoms with Gasteiger partial charge in [0.2, 0.25) is 0 Å². The van der Waals surface area contributed by atoms with Gasteiger partial charge in [-0.3, -0.25) is 4.90 Å². The molecule has 2 amide bonds.